The van der Waals surface area contributed by atoms with Crippen molar-refractivity contribution in [2.24, 2.45) is 5.41 Å². The first-order valence-corrected chi connectivity index (χ1v) is 7.05. The number of rotatable bonds is 2. The molecule has 1 saturated carbocycles. The fourth-order valence-corrected chi connectivity index (χ4v) is 3.25. The highest BCUT2D eigenvalue weighted by atomic mass is 32.1. The van der Waals surface area contributed by atoms with Gasteiger partial charge in [-0.3, -0.25) is 14.6 Å². The van der Waals surface area contributed by atoms with Gasteiger partial charge in [0, 0.05) is 24.0 Å². The summed E-state index contributed by atoms with van der Waals surface area (Å²) in [5, 5.41) is 7.33. The maximum atomic E-state index is 5.41. The quantitative estimate of drug-likeness (QED) is 0.848. The molecule has 19 heavy (non-hydrogen) atoms. The Kier molecular flexibility index (Phi) is 3.01. The normalized spacial score (nSPS) is 21.7. The van der Waals surface area contributed by atoms with Crippen LogP contribution in [0.2, 0.25) is 0 Å². The highest BCUT2D eigenvalue weighted by Gasteiger charge is 2.33. The third-order valence-corrected chi connectivity index (χ3v) is 4.24. The Hall–Kier alpha value is -1.49. The van der Waals surface area contributed by atoms with E-state index in [2.05, 4.69) is 33.6 Å². The molecular formula is C14H18N4S. The van der Waals surface area contributed by atoms with Crippen LogP contribution >= 0.6 is 12.2 Å². The van der Waals surface area contributed by atoms with E-state index in [-0.39, 0.29) is 0 Å². The third-order valence-electron chi connectivity index (χ3n) is 3.95. The van der Waals surface area contributed by atoms with Crippen LogP contribution in [-0.4, -0.2) is 19.7 Å². The Labute approximate surface area is 117 Å². The highest BCUT2D eigenvalue weighted by molar-refractivity contribution is 7.71. The van der Waals surface area contributed by atoms with Gasteiger partial charge < -0.3 is 0 Å². The van der Waals surface area contributed by atoms with E-state index in [4.69, 9.17) is 12.2 Å². The van der Waals surface area contributed by atoms with Crippen molar-refractivity contribution in [3.05, 3.63) is 29.3 Å². The van der Waals surface area contributed by atoms with Crippen LogP contribution in [0.25, 0.3) is 11.4 Å². The second-order valence-corrected chi connectivity index (χ2v) is 6.41. The molecule has 0 amide bonds. The van der Waals surface area contributed by atoms with Crippen LogP contribution < -0.4 is 0 Å². The van der Waals surface area contributed by atoms with Gasteiger partial charge in [-0.1, -0.05) is 13.8 Å². The van der Waals surface area contributed by atoms with Crippen LogP contribution in [0.4, 0.5) is 0 Å². The van der Waals surface area contributed by atoms with Crippen LogP contribution in [0.1, 0.15) is 39.2 Å². The molecule has 0 radical (unpaired) electrons. The summed E-state index contributed by atoms with van der Waals surface area (Å²) in [5.41, 5.74) is 1.46. The van der Waals surface area contributed by atoms with Gasteiger partial charge in [0.25, 0.3) is 0 Å². The van der Waals surface area contributed by atoms with E-state index in [1.54, 1.807) is 12.4 Å². The molecule has 1 aliphatic rings. The van der Waals surface area contributed by atoms with Crippen LogP contribution in [0.3, 0.4) is 0 Å². The number of hydrogen-bond acceptors (Lipinski definition) is 3. The molecule has 1 N–H and O–H groups in total. The summed E-state index contributed by atoms with van der Waals surface area (Å²) in [7, 11) is 0. The molecule has 100 valence electrons. The lowest BCUT2D eigenvalue weighted by atomic mass is 9.92. The first-order chi connectivity index (χ1) is 9.07. The summed E-state index contributed by atoms with van der Waals surface area (Å²) in [6.45, 7) is 4.64. The van der Waals surface area contributed by atoms with E-state index in [0.29, 0.717) is 11.5 Å². The number of H-pyrrole nitrogens is 1. The maximum Gasteiger partial charge on any atom is 0.195 e. The second-order valence-electron chi connectivity index (χ2n) is 6.02. The zero-order chi connectivity index (χ0) is 13.5. The van der Waals surface area contributed by atoms with Gasteiger partial charge in [0.15, 0.2) is 10.6 Å². The summed E-state index contributed by atoms with van der Waals surface area (Å²) >= 11 is 5.41. The molecule has 5 heteroatoms. The molecule has 0 aromatic carbocycles. The lowest BCUT2D eigenvalue weighted by Crippen LogP contribution is -2.10. The minimum absolute atomic E-state index is 0.395. The van der Waals surface area contributed by atoms with E-state index in [9.17, 15) is 0 Å². The van der Waals surface area contributed by atoms with Gasteiger partial charge in [-0.25, -0.2) is 0 Å². The average Bonchev–Trinajstić information content (AvgIpc) is 2.93. The van der Waals surface area contributed by atoms with Gasteiger partial charge in [-0.15, -0.1) is 0 Å². The smallest absolute Gasteiger partial charge is 0.195 e. The van der Waals surface area contributed by atoms with Crippen molar-refractivity contribution in [3.63, 3.8) is 0 Å². The lowest BCUT2D eigenvalue weighted by Gasteiger charge is -2.18. The third kappa shape index (κ3) is 2.34. The fourth-order valence-electron chi connectivity index (χ4n) is 2.97. The molecule has 0 saturated heterocycles. The van der Waals surface area contributed by atoms with Gasteiger partial charge in [0.2, 0.25) is 0 Å². The number of hydrogen-bond donors (Lipinski definition) is 1. The molecular weight excluding hydrogens is 256 g/mol. The van der Waals surface area contributed by atoms with Crippen molar-refractivity contribution < 1.29 is 0 Å². The summed E-state index contributed by atoms with van der Waals surface area (Å²) in [4.78, 5) is 4.05. The zero-order valence-corrected chi connectivity index (χ0v) is 12.1. The topological polar surface area (TPSA) is 46.5 Å². The lowest BCUT2D eigenvalue weighted by molar-refractivity contribution is 0.358. The fraction of sp³-hybridized carbons (Fsp3) is 0.500. The second kappa shape index (κ2) is 4.56. The molecule has 1 fully saturated rings. The Morgan fingerprint density at radius 2 is 2.11 bits per heavy atom. The first-order valence-electron chi connectivity index (χ1n) is 6.64. The summed E-state index contributed by atoms with van der Waals surface area (Å²) in [6.07, 6.45) is 7.13. The van der Waals surface area contributed by atoms with Gasteiger partial charge in [0.05, 0.1) is 0 Å². The van der Waals surface area contributed by atoms with Gasteiger partial charge >= 0.3 is 0 Å². The van der Waals surface area contributed by atoms with Crippen LogP contribution in [0.15, 0.2) is 24.5 Å². The standard InChI is InChI=1S/C14H18N4S/c1-14(2)6-3-11(9-14)18-12(16-17-13(18)19)10-4-7-15-8-5-10/h4-5,7-8,11H,3,6,9H2,1-2H3,(H,17,19). The molecule has 2 aromatic heterocycles. The summed E-state index contributed by atoms with van der Waals surface area (Å²) in [5.74, 6) is 0.926. The van der Waals surface area contributed by atoms with Crippen molar-refractivity contribution in [2.75, 3.05) is 0 Å². The number of aromatic nitrogens is 4. The maximum absolute atomic E-state index is 5.41. The Morgan fingerprint density at radius 1 is 1.37 bits per heavy atom. The molecule has 1 aliphatic carbocycles. The molecule has 0 bridgehead atoms. The average molecular weight is 274 g/mol. The Balaban J connectivity index is 2.03. The zero-order valence-electron chi connectivity index (χ0n) is 11.3. The molecule has 2 heterocycles. The van der Waals surface area contributed by atoms with Gasteiger partial charge in [-0.2, -0.15) is 5.10 Å². The number of nitrogens with one attached hydrogen (secondary N) is 1. The molecule has 4 nitrogen and oxygen atoms in total. The molecule has 2 aromatic rings. The Bertz CT molecular complexity index is 626. The van der Waals surface area contributed by atoms with Crippen LogP contribution in [0.5, 0.6) is 0 Å². The molecule has 0 aliphatic heterocycles. The van der Waals surface area contributed by atoms with Crippen LogP contribution in [-0.2, 0) is 0 Å². The van der Waals surface area contributed by atoms with E-state index in [0.717, 1.165) is 22.6 Å². The van der Waals surface area contributed by atoms with Crippen molar-refractivity contribution in [2.45, 2.75) is 39.2 Å². The van der Waals surface area contributed by atoms with E-state index < -0.39 is 0 Å². The predicted molar refractivity (Wildman–Crippen MR) is 77.3 cm³/mol. The first kappa shape index (κ1) is 12.5. The van der Waals surface area contributed by atoms with Gasteiger partial charge in [-0.05, 0) is 49.0 Å². The SMILES string of the molecule is CC1(C)CCC(n2c(-c3ccncc3)n[nH]c2=S)C1. The predicted octanol–water partition coefficient (Wildman–Crippen LogP) is 3.75. The largest absolute Gasteiger partial charge is 0.297 e. The van der Waals surface area contributed by atoms with E-state index in [1.165, 1.54) is 12.8 Å². The van der Waals surface area contributed by atoms with Crippen molar-refractivity contribution in [3.8, 4) is 11.4 Å². The monoisotopic (exact) mass is 274 g/mol. The highest BCUT2D eigenvalue weighted by Crippen LogP contribution is 2.44. The van der Waals surface area contributed by atoms with Crippen molar-refractivity contribution in [1.29, 1.82) is 0 Å². The Morgan fingerprint density at radius 3 is 2.74 bits per heavy atom. The van der Waals surface area contributed by atoms with E-state index >= 15 is 0 Å². The number of pyridine rings is 1. The van der Waals surface area contributed by atoms with Crippen LogP contribution in [0, 0.1) is 10.2 Å². The van der Waals surface area contributed by atoms with Crippen molar-refractivity contribution in [1.82, 2.24) is 19.7 Å². The number of aromatic amines is 1. The molecule has 1 unspecified atom stereocenters. The minimum Gasteiger partial charge on any atom is -0.297 e. The molecule has 1 atom stereocenters. The van der Waals surface area contributed by atoms with Crippen molar-refractivity contribution >= 4 is 12.2 Å². The summed E-state index contributed by atoms with van der Waals surface area (Å²) in [6, 6.07) is 4.40. The van der Waals surface area contributed by atoms with Gasteiger partial charge in [0.1, 0.15) is 0 Å². The van der Waals surface area contributed by atoms with E-state index in [1.807, 2.05) is 12.1 Å². The minimum atomic E-state index is 0.395. The molecule has 3 rings (SSSR count). The molecule has 0 spiro atoms. The number of nitrogens with zero attached hydrogens (tertiary/aromatic N) is 3. The summed E-state index contributed by atoms with van der Waals surface area (Å²) < 4.78 is 2.90.